The van der Waals surface area contributed by atoms with Crippen LogP contribution in [0.2, 0.25) is 0 Å². The van der Waals surface area contributed by atoms with E-state index in [9.17, 15) is 9.59 Å². The second-order valence-corrected chi connectivity index (χ2v) is 4.98. The van der Waals surface area contributed by atoms with Crippen LogP contribution in [0.25, 0.3) is 0 Å². The molecule has 0 spiro atoms. The van der Waals surface area contributed by atoms with Gasteiger partial charge < -0.3 is 15.0 Å². The molecule has 2 amide bonds. The minimum atomic E-state index is -0.533. The summed E-state index contributed by atoms with van der Waals surface area (Å²) in [7, 11) is 1.56. The van der Waals surface area contributed by atoms with E-state index in [1.807, 2.05) is 13.8 Å². The van der Waals surface area contributed by atoms with E-state index in [1.54, 1.807) is 11.9 Å². The van der Waals surface area contributed by atoms with E-state index >= 15 is 0 Å². The van der Waals surface area contributed by atoms with Gasteiger partial charge in [-0.1, -0.05) is 13.8 Å². The van der Waals surface area contributed by atoms with Crippen LogP contribution in [0.4, 0.5) is 0 Å². The largest absolute Gasteiger partial charge is 0.377 e. The lowest BCUT2D eigenvalue weighted by molar-refractivity contribution is -0.148. The zero-order valence-electron chi connectivity index (χ0n) is 10.5. The number of hydrogen-bond donors (Lipinski definition) is 2. The highest BCUT2D eigenvalue weighted by Gasteiger charge is 2.35. The van der Waals surface area contributed by atoms with Gasteiger partial charge in [-0.25, -0.2) is 0 Å². The molecule has 0 aromatic heterocycles. The van der Waals surface area contributed by atoms with Gasteiger partial charge in [0.25, 0.3) is 0 Å². The third-order valence-corrected chi connectivity index (χ3v) is 3.66. The second kappa shape index (κ2) is 6.26. The molecule has 2 atom stereocenters. The molecular formula is C11H20N2O3S. The lowest BCUT2D eigenvalue weighted by atomic mass is 10.1. The lowest BCUT2D eigenvalue weighted by Gasteiger charge is -2.36. The van der Waals surface area contributed by atoms with E-state index in [0.29, 0.717) is 13.2 Å². The van der Waals surface area contributed by atoms with Crippen LogP contribution in [0.5, 0.6) is 0 Å². The molecule has 0 aliphatic carbocycles. The maximum atomic E-state index is 12.2. The first-order valence-electron chi connectivity index (χ1n) is 5.77. The fraction of sp³-hybridized carbons (Fsp3) is 0.818. The Kier molecular flexibility index (Phi) is 5.27. The van der Waals surface area contributed by atoms with Crippen LogP contribution in [0, 0.1) is 5.92 Å². The number of morpholine rings is 1. The Labute approximate surface area is 107 Å². The minimum absolute atomic E-state index is 0.0970. The summed E-state index contributed by atoms with van der Waals surface area (Å²) < 4.78 is 5.25. The summed E-state index contributed by atoms with van der Waals surface area (Å²) in [6.07, 6.45) is 0. The number of nitrogens with zero attached hydrogens (tertiary/aromatic N) is 1. The first kappa shape index (κ1) is 14.3. The van der Waals surface area contributed by atoms with E-state index in [4.69, 9.17) is 4.74 Å². The maximum absolute atomic E-state index is 12.2. The molecule has 1 N–H and O–H groups in total. The molecule has 1 fully saturated rings. The highest BCUT2D eigenvalue weighted by atomic mass is 32.1. The topological polar surface area (TPSA) is 58.6 Å². The number of rotatable bonds is 3. The standard InChI is InChI=1S/C11H20N2O3S/c1-7(2)9(17)11(15)13-4-5-16-6-8(13)10(14)12-3/h7-9,17H,4-6H2,1-3H3,(H,12,14). The highest BCUT2D eigenvalue weighted by molar-refractivity contribution is 7.81. The van der Waals surface area contributed by atoms with Crippen LogP contribution in [-0.2, 0) is 14.3 Å². The first-order chi connectivity index (χ1) is 7.99. The van der Waals surface area contributed by atoms with Crippen molar-refractivity contribution in [1.82, 2.24) is 10.2 Å². The van der Waals surface area contributed by atoms with Crippen molar-refractivity contribution in [3.8, 4) is 0 Å². The second-order valence-electron chi connectivity index (χ2n) is 4.43. The average Bonchev–Trinajstić information content (AvgIpc) is 2.35. The van der Waals surface area contributed by atoms with Gasteiger partial charge in [-0.2, -0.15) is 12.6 Å². The molecule has 5 nitrogen and oxygen atoms in total. The number of thiol groups is 1. The van der Waals surface area contributed by atoms with Crippen molar-refractivity contribution in [2.75, 3.05) is 26.8 Å². The fourth-order valence-corrected chi connectivity index (χ4v) is 1.85. The smallest absolute Gasteiger partial charge is 0.244 e. The molecule has 6 heteroatoms. The lowest BCUT2D eigenvalue weighted by Crippen LogP contribution is -2.57. The molecule has 2 unspecified atom stereocenters. The van der Waals surface area contributed by atoms with Crippen molar-refractivity contribution in [2.24, 2.45) is 5.92 Å². The zero-order chi connectivity index (χ0) is 13.0. The molecule has 0 aromatic carbocycles. The minimum Gasteiger partial charge on any atom is -0.377 e. The third kappa shape index (κ3) is 3.35. The predicted molar refractivity (Wildman–Crippen MR) is 68.0 cm³/mol. The molecule has 0 radical (unpaired) electrons. The molecule has 0 saturated carbocycles. The van der Waals surface area contributed by atoms with Crippen LogP contribution in [0.15, 0.2) is 0 Å². The predicted octanol–water partition coefficient (Wildman–Crippen LogP) is -0.0858. The van der Waals surface area contributed by atoms with Crippen molar-refractivity contribution in [2.45, 2.75) is 25.1 Å². The summed E-state index contributed by atoms with van der Waals surface area (Å²) in [5.41, 5.74) is 0. The molecule has 98 valence electrons. The zero-order valence-corrected chi connectivity index (χ0v) is 11.4. The average molecular weight is 260 g/mol. The van der Waals surface area contributed by atoms with Crippen molar-refractivity contribution in [3.63, 3.8) is 0 Å². The third-order valence-electron chi connectivity index (χ3n) is 2.85. The molecule has 1 aliphatic rings. The van der Waals surface area contributed by atoms with Crippen molar-refractivity contribution in [3.05, 3.63) is 0 Å². The summed E-state index contributed by atoms with van der Waals surface area (Å²) in [6, 6.07) is -0.533. The number of likely N-dealkylation sites (N-methyl/N-ethyl adjacent to an activating group) is 1. The molecule has 17 heavy (non-hydrogen) atoms. The van der Waals surface area contributed by atoms with Gasteiger partial charge in [-0.3, -0.25) is 9.59 Å². The van der Waals surface area contributed by atoms with Crippen molar-refractivity contribution in [1.29, 1.82) is 0 Å². The van der Waals surface area contributed by atoms with Gasteiger partial charge in [0.05, 0.1) is 18.5 Å². The van der Waals surface area contributed by atoms with Crippen molar-refractivity contribution < 1.29 is 14.3 Å². The van der Waals surface area contributed by atoms with Gasteiger partial charge in [0, 0.05) is 13.6 Å². The fourth-order valence-electron chi connectivity index (χ4n) is 1.71. The van der Waals surface area contributed by atoms with E-state index in [0.717, 1.165) is 0 Å². The van der Waals surface area contributed by atoms with Crippen molar-refractivity contribution >= 4 is 24.4 Å². The SMILES string of the molecule is CNC(=O)C1COCCN1C(=O)C(S)C(C)C. The Balaban J connectivity index is 2.77. The molecule has 1 heterocycles. The van der Waals surface area contributed by atoms with Gasteiger partial charge in [-0.15, -0.1) is 0 Å². The number of hydrogen-bond acceptors (Lipinski definition) is 4. The molecular weight excluding hydrogens is 240 g/mol. The van der Waals surface area contributed by atoms with Crippen LogP contribution in [0.1, 0.15) is 13.8 Å². The maximum Gasteiger partial charge on any atom is 0.244 e. The highest BCUT2D eigenvalue weighted by Crippen LogP contribution is 2.16. The summed E-state index contributed by atoms with van der Waals surface area (Å²) >= 11 is 4.30. The Morgan fingerprint density at radius 3 is 2.65 bits per heavy atom. The number of amides is 2. The van der Waals surface area contributed by atoms with Crippen LogP contribution in [-0.4, -0.2) is 54.8 Å². The molecule has 0 aromatic rings. The molecule has 1 aliphatic heterocycles. The Morgan fingerprint density at radius 1 is 1.47 bits per heavy atom. The Morgan fingerprint density at radius 2 is 2.12 bits per heavy atom. The van der Waals surface area contributed by atoms with Gasteiger partial charge in [-0.05, 0) is 5.92 Å². The Bertz CT molecular complexity index is 296. The van der Waals surface area contributed by atoms with E-state index in [-0.39, 0.29) is 29.6 Å². The van der Waals surface area contributed by atoms with Gasteiger partial charge in [0.2, 0.25) is 11.8 Å². The van der Waals surface area contributed by atoms with Gasteiger partial charge in [0.15, 0.2) is 0 Å². The summed E-state index contributed by atoms with van der Waals surface area (Å²) in [5, 5.41) is 2.18. The van der Waals surface area contributed by atoms with E-state index < -0.39 is 6.04 Å². The summed E-state index contributed by atoms with van der Waals surface area (Å²) in [6.45, 7) is 5.04. The molecule has 1 rings (SSSR count). The quantitative estimate of drug-likeness (QED) is 0.698. The van der Waals surface area contributed by atoms with E-state index in [1.165, 1.54) is 0 Å². The van der Waals surface area contributed by atoms with Crippen LogP contribution >= 0.6 is 12.6 Å². The number of ether oxygens (including phenoxy) is 1. The molecule has 1 saturated heterocycles. The normalized spacial score (nSPS) is 22.4. The van der Waals surface area contributed by atoms with E-state index in [2.05, 4.69) is 17.9 Å². The van der Waals surface area contributed by atoms with Crippen LogP contribution < -0.4 is 5.32 Å². The van der Waals surface area contributed by atoms with Crippen LogP contribution in [0.3, 0.4) is 0 Å². The monoisotopic (exact) mass is 260 g/mol. The van der Waals surface area contributed by atoms with Gasteiger partial charge in [0.1, 0.15) is 6.04 Å². The Hall–Kier alpha value is -0.750. The molecule has 0 bridgehead atoms. The number of carbonyl (C=O) groups excluding carboxylic acids is 2. The van der Waals surface area contributed by atoms with Gasteiger partial charge >= 0.3 is 0 Å². The first-order valence-corrected chi connectivity index (χ1v) is 6.28. The summed E-state index contributed by atoms with van der Waals surface area (Å²) in [4.78, 5) is 25.4. The number of carbonyl (C=O) groups is 2. The number of nitrogens with one attached hydrogen (secondary N) is 1. The summed E-state index contributed by atoms with van der Waals surface area (Å²) in [5.74, 6) is -0.151.